The van der Waals surface area contributed by atoms with Gasteiger partial charge in [0.15, 0.2) is 6.29 Å². The first-order valence-corrected chi connectivity index (χ1v) is 4.98. The topological polar surface area (TPSA) is 55.8 Å². The molecule has 0 aliphatic rings. The third-order valence-electron chi connectivity index (χ3n) is 1.96. The molecule has 0 bridgehead atoms. The second-order valence-electron chi connectivity index (χ2n) is 2.79. The smallest absolute Gasteiger partial charge is 0.153 e. The maximum Gasteiger partial charge on any atom is 0.153 e. The minimum absolute atomic E-state index is 0.397. The molecule has 1 aromatic carbocycles. The SMILES string of the molecule is COc1ccc(C(O)C=O)c(OC)c1Br. The molecule has 1 aromatic rings. The van der Waals surface area contributed by atoms with E-state index in [-0.39, 0.29) is 0 Å². The van der Waals surface area contributed by atoms with Crippen LogP contribution in [0.15, 0.2) is 16.6 Å². The minimum Gasteiger partial charge on any atom is -0.495 e. The predicted octanol–water partition coefficient (Wildman–Crippen LogP) is 1.70. The summed E-state index contributed by atoms with van der Waals surface area (Å²) in [4.78, 5) is 10.5. The molecule has 15 heavy (non-hydrogen) atoms. The van der Waals surface area contributed by atoms with Gasteiger partial charge >= 0.3 is 0 Å². The highest BCUT2D eigenvalue weighted by molar-refractivity contribution is 9.10. The first-order chi connectivity index (χ1) is 7.15. The highest BCUT2D eigenvalue weighted by atomic mass is 79.9. The number of carbonyl (C=O) groups is 1. The van der Waals surface area contributed by atoms with Crippen molar-refractivity contribution in [1.82, 2.24) is 0 Å². The van der Waals surface area contributed by atoms with Crippen molar-refractivity contribution >= 4 is 22.2 Å². The number of benzene rings is 1. The molecule has 0 radical (unpaired) electrons. The third kappa shape index (κ3) is 2.30. The number of rotatable bonds is 4. The largest absolute Gasteiger partial charge is 0.495 e. The van der Waals surface area contributed by atoms with Crippen LogP contribution in [0.3, 0.4) is 0 Å². The summed E-state index contributed by atoms with van der Waals surface area (Å²) in [7, 11) is 2.98. The van der Waals surface area contributed by atoms with Gasteiger partial charge in [-0.15, -0.1) is 0 Å². The van der Waals surface area contributed by atoms with Crippen molar-refractivity contribution in [3.8, 4) is 11.5 Å². The van der Waals surface area contributed by atoms with Gasteiger partial charge in [-0.1, -0.05) is 0 Å². The van der Waals surface area contributed by atoms with E-state index in [0.29, 0.717) is 27.8 Å². The maximum atomic E-state index is 10.5. The molecule has 5 heteroatoms. The Morgan fingerprint density at radius 2 is 2.07 bits per heavy atom. The fourth-order valence-electron chi connectivity index (χ4n) is 1.22. The van der Waals surface area contributed by atoms with Crippen LogP contribution in [-0.2, 0) is 4.79 Å². The van der Waals surface area contributed by atoms with Crippen molar-refractivity contribution in [1.29, 1.82) is 0 Å². The number of aliphatic hydroxyl groups is 1. The molecule has 0 heterocycles. The number of methoxy groups -OCH3 is 2. The van der Waals surface area contributed by atoms with Gasteiger partial charge in [0.05, 0.1) is 14.2 Å². The molecular formula is C10H11BrO4. The lowest BCUT2D eigenvalue weighted by atomic mass is 10.1. The van der Waals surface area contributed by atoms with E-state index in [2.05, 4.69) is 15.9 Å². The van der Waals surface area contributed by atoms with Crippen LogP contribution in [0.4, 0.5) is 0 Å². The van der Waals surface area contributed by atoms with Crippen LogP contribution in [0, 0.1) is 0 Å². The fourth-order valence-corrected chi connectivity index (χ4v) is 1.91. The van der Waals surface area contributed by atoms with Crippen molar-refractivity contribution in [2.75, 3.05) is 14.2 Å². The molecule has 0 aliphatic heterocycles. The minimum atomic E-state index is -1.19. The Kier molecular flexibility index (Phi) is 4.11. The Balaban J connectivity index is 3.30. The van der Waals surface area contributed by atoms with Crippen LogP contribution in [0.5, 0.6) is 11.5 Å². The van der Waals surface area contributed by atoms with Gasteiger partial charge in [-0.25, -0.2) is 0 Å². The highest BCUT2D eigenvalue weighted by Gasteiger charge is 2.17. The molecule has 82 valence electrons. The van der Waals surface area contributed by atoms with Crippen molar-refractivity contribution in [3.63, 3.8) is 0 Å². The average molecular weight is 275 g/mol. The fraction of sp³-hybridized carbons (Fsp3) is 0.300. The van der Waals surface area contributed by atoms with Crippen LogP contribution in [0.2, 0.25) is 0 Å². The molecule has 0 aliphatic carbocycles. The molecule has 1 atom stereocenters. The Bertz CT molecular complexity index is 365. The molecule has 0 aromatic heterocycles. The normalized spacial score (nSPS) is 12.0. The lowest BCUT2D eigenvalue weighted by Gasteiger charge is -2.14. The van der Waals surface area contributed by atoms with Gasteiger partial charge in [0, 0.05) is 5.56 Å². The average Bonchev–Trinajstić information content (AvgIpc) is 2.27. The zero-order valence-electron chi connectivity index (χ0n) is 8.36. The van der Waals surface area contributed by atoms with E-state index in [1.165, 1.54) is 14.2 Å². The van der Waals surface area contributed by atoms with Crippen LogP contribution in [0.25, 0.3) is 0 Å². The van der Waals surface area contributed by atoms with E-state index >= 15 is 0 Å². The van der Waals surface area contributed by atoms with Gasteiger partial charge in [0.2, 0.25) is 0 Å². The number of carbonyl (C=O) groups excluding carboxylic acids is 1. The number of aldehydes is 1. The van der Waals surface area contributed by atoms with Crippen LogP contribution >= 0.6 is 15.9 Å². The van der Waals surface area contributed by atoms with Gasteiger partial charge in [0.1, 0.15) is 22.1 Å². The summed E-state index contributed by atoms with van der Waals surface area (Å²) in [6, 6.07) is 3.23. The summed E-state index contributed by atoms with van der Waals surface area (Å²) in [5.41, 5.74) is 0.403. The second kappa shape index (κ2) is 5.14. The molecule has 0 fully saturated rings. The van der Waals surface area contributed by atoms with Gasteiger partial charge in [-0.05, 0) is 28.1 Å². The molecular weight excluding hydrogens is 264 g/mol. The molecule has 0 saturated carbocycles. The molecule has 4 nitrogen and oxygen atoms in total. The van der Waals surface area contributed by atoms with E-state index in [4.69, 9.17) is 9.47 Å². The van der Waals surface area contributed by atoms with E-state index < -0.39 is 6.10 Å². The quantitative estimate of drug-likeness (QED) is 0.850. The standard InChI is InChI=1S/C10H11BrO4/c1-14-8-4-3-6(7(13)5-12)10(15-2)9(8)11/h3-5,7,13H,1-2H3. The van der Waals surface area contributed by atoms with Crippen molar-refractivity contribution < 1.29 is 19.4 Å². The van der Waals surface area contributed by atoms with Crippen LogP contribution in [-0.4, -0.2) is 25.6 Å². The van der Waals surface area contributed by atoms with Crippen LogP contribution < -0.4 is 9.47 Å². The van der Waals surface area contributed by atoms with Gasteiger partial charge < -0.3 is 19.4 Å². The number of ether oxygens (including phenoxy) is 2. The van der Waals surface area contributed by atoms with Gasteiger partial charge in [-0.3, -0.25) is 0 Å². The van der Waals surface area contributed by atoms with E-state index in [0.717, 1.165) is 0 Å². The number of aliphatic hydroxyl groups excluding tert-OH is 1. The molecule has 1 N–H and O–H groups in total. The predicted molar refractivity (Wildman–Crippen MR) is 58.3 cm³/mol. The molecule has 0 saturated heterocycles. The second-order valence-corrected chi connectivity index (χ2v) is 3.58. The first-order valence-electron chi connectivity index (χ1n) is 4.19. The molecule has 1 unspecified atom stereocenters. The van der Waals surface area contributed by atoms with Gasteiger partial charge in [0.25, 0.3) is 0 Å². The van der Waals surface area contributed by atoms with Gasteiger partial charge in [-0.2, -0.15) is 0 Å². The Morgan fingerprint density at radius 1 is 1.40 bits per heavy atom. The van der Waals surface area contributed by atoms with E-state index in [1.807, 2.05) is 0 Å². The summed E-state index contributed by atoms with van der Waals surface area (Å²) in [6.45, 7) is 0. The summed E-state index contributed by atoms with van der Waals surface area (Å²) in [5, 5.41) is 9.42. The monoisotopic (exact) mass is 274 g/mol. The van der Waals surface area contributed by atoms with E-state index in [9.17, 15) is 9.90 Å². The Labute approximate surface area is 95.9 Å². The highest BCUT2D eigenvalue weighted by Crippen LogP contribution is 2.39. The van der Waals surface area contributed by atoms with Crippen molar-refractivity contribution in [2.45, 2.75) is 6.10 Å². The maximum absolute atomic E-state index is 10.5. The number of halogens is 1. The van der Waals surface area contributed by atoms with Crippen LogP contribution in [0.1, 0.15) is 11.7 Å². The Morgan fingerprint density at radius 3 is 2.53 bits per heavy atom. The molecule has 0 spiro atoms. The number of hydrogen-bond acceptors (Lipinski definition) is 4. The third-order valence-corrected chi connectivity index (χ3v) is 2.71. The summed E-state index contributed by atoms with van der Waals surface area (Å²) in [6.07, 6.45) is -0.751. The Hall–Kier alpha value is -1.07. The lowest BCUT2D eigenvalue weighted by molar-refractivity contribution is -0.115. The molecule has 1 rings (SSSR count). The summed E-state index contributed by atoms with van der Waals surface area (Å²) < 4.78 is 10.7. The van der Waals surface area contributed by atoms with Crippen molar-refractivity contribution in [3.05, 3.63) is 22.2 Å². The summed E-state index contributed by atoms with van der Waals surface area (Å²) in [5.74, 6) is 0.975. The molecule has 0 amide bonds. The summed E-state index contributed by atoms with van der Waals surface area (Å²) >= 11 is 3.27. The first kappa shape index (κ1) is 12.0. The lowest BCUT2D eigenvalue weighted by Crippen LogP contribution is -2.02. The zero-order chi connectivity index (χ0) is 11.4. The zero-order valence-corrected chi connectivity index (χ0v) is 9.95. The van der Waals surface area contributed by atoms with Crippen molar-refractivity contribution in [2.24, 2.45) is 0 Å². The van der Waals surface area contributed by atoms with E-state index in [1.54, 1.807) is 12.1 Å². The number of hydrogen-bond donors (Lipinski definition) is 1.